The minimum atomic E-state index is -0.256. The lowest BCUT2D eigenvalue weighted by molar-refractivity contribution is -0.120. The van der Waals surface area contributed by atoms with E-state index in [0.29, 0.717) is 12.1 Å². The Balaban J connectivity index is 1.56. The van der Waals surface area contributed by atoms with E-state index in [1.807, 2.05) is 37.3 Å². The number of hydrogen-bond donors (Lipinski definition) is 3. The smallest absolute Gasteiger partial charge is 0.251 e. The summed E-state index contributed by atoms with van der Waals surface area (Å²) in [6.45, 7) is 2.36. The van der Waals surface area contributed by atoms with Gasteiger partial charge in [-0.2, -0.15) is 0 Å². The highest BCUT2D eigenvalue weighted by atomic mass is 16.2. The van der Waals surface area contributed by atoms with Gasteiger partial charge in [-0.1, -0.05) is 36.4 Å². The second kappa shape index (κ2) is 7.00. The first-order chi connectivity index (χ1) is 11.6. The number of benzene rings is 2. The zero-order valence-corrected chi connectivity index (χ0v) is 13.4. The number of carbonyl (C=O) groups excluding carboxylic acids is 2. The number of para-hydroxylation sites is 1. The Labute approximate surface area is 140 Å². The van der Waals surface area contributed by atoms with E-state index in [2.05, 4.69) is 15.6 Å². The van der Waals surface area contributed by atoms with E-state index < -0.39 is 0 Å². The van der Waals surface area contributed by atoms with Crippen molar-refractivity contribution in [2.75, 3.05) is 6.54 Å². The molecule has 0 bridgehead atoms. The monoisotopic (exact) mass is 321 g/mol. The molecule has 24 heavy (non-hydrogen) atoms. The predicted molar refractivity (Wildman–Crippen MR) is 93.7 cm³/mol. The summed E-state index contributed by atoms with van der Waals surface area (Å²) in [6, 6.07) is 16.8. The molecule has 5 heteroatoms. The molecule has 0 saturated heterocycles. The van der Waals surface area contributed by atoms with E-state index in [0.717, 1.165) is 22.2 Å². The van der Waals surface area contributed by atoms with Gasteiger partial charge >= 0.3 is 0 Å². The highest BCUT2D eigenvalue weighted by molar-refractivity contribution is 5.96. The van der Waals surface area contributed by atoms with Gasteiger partial charge in [-0.05, 0) is 30.7 Å². The van der Waals surface area contributed by atoms with E-state index >= 15 is 0 Å². The molecule has 0 saturated carbocycles. The van der Waals surface area contributed by atoms with Crippen molar-refractivity contribution in [3.05, 3.63) is 71.4 Å². The SMILES string of the molecule is Cc1[nH]c2ccccc2c1CNC(=O)CNC(=O)c1ccccc1. The van der Waals surface area contributed by atoms with Crippen molar-refractivity contribution >= 4 is 22.7 Å². The van der Waals surface area contributed by atoms with Gasteiger partial charge < -0.3 is 15.6 Å². The van der Waals surface area contributed by atoms with Crippen LogP contribution < -0.4 is 10.6 Å². The minimum Gasteiger partial charge on any atom is -0.358 e. The number of amides is 2. The Morgan fingerprint density at radius 3 is 2.46 bits per heavy atom. The second-order valence-electron chi connectivity index (χ2n) is 5.60. The largest absolute Gasteiger partial charge is 0.358 e. The van der Waals surface area contributed by atoms with Crippen molar-refractivity contribution in [3.8, 4) is 0 Å². The zero-order chi connectivity index (χ0) is 16.9. The average molecular weight is 321 g/mol. The summed E-state index contributed by atoms with van der Waals surface area (Å²) >= 11 is 0. The number of rotatable bonds is 5. The van der Waals surface area contributed by atoms with Gasteiger partial charge in [-0.25, -0.2) is 0 Å². The van der Waals surface area contributed by atoms with E-state index in [-0.39, 0.29) is 18.4 Å². The van der Waals surface area contributed by atoms with Crippen LogP contribution in [0.4, 0.5) is 0 Å². The number of aromatic nitrogens is 1. The summed E-state index contributed by atoms with van der Waals surface area (Å²) in [5.74, 6) is -0.474. The van der Waals surface area contributed by atoms with Crippen LogP contribution in [0.3, 0.4) is 0 Å². The normalized spacial score (nSPS) is 10.5. The fourth-order valence-corrected chi connectivity index (χ4v) is 2.66. The van der Waals surface area contributed by atoms with Gasteiger partial charge in [0.15, 0.2) is 0 Å². The van der Waals surface area contributed by atoms with Crippen LogP contribution in [0, 0.1) is 6.92 Å². The van der Waals surface area contributed by atoms with E-state index in [4.69, 9.17) is 0 Å². The molecule has 122 valence electrons. The lowest BCUT2D eigenvalue weighted by atomic mass is 10.1. The number of hydrogen-bond acceptors (Lipinski definition) is 2. The zero-order valence-electron chi connectivity index (χ0n) is 13.4. The molecule has 0 radical (unpaired) electrons. The average Bonchev–Trinajstić information content (AvgIpc) is 2.93. The number of aromatic amines is 1. The molecule has 3 aromatic rings. The van der Waals surface area contributed by atoms with Crippen LogP contribution in [0.2, 0.25) is 0 Å². The fraction of sp³-hybridized carbons (Fsp3) is 0.158. The molecule has 2 amide bonds. The van der Waals surface area contributed by atoms with Gasteiger partial charge in [-0.15, -0.1) is 0 Å². The van der Waals surface area contributed by atoms with Gasteiger partial charge in [0, 0.05) is 28.7 Å². The Morgan fingerprint density at radius 1 is 0.958 bits per heavy atom. The summed E-state index contributed by atoms with van der Waals surface area (Å²) in [4.78, 5) is 27.2. The lowest BCUT2D eigenvalue weighted by Crippen LogP contribution is -2.36. The first-order valence-electron chi connectivity index (χ1n) is 7.81. The highest BCUT2D eigenvalue weighted by Gasteiger charge is 2.10. The van der Waals surface area contributed by atoms with Gasteiger partial charge in [0.2, 0.25) is 5.91 Å². The van der Waals surface area contributed by atoms with Crippen LogP contribution in [0.25, 0.3) is 10.9 Å². The maximum absolute atomic E-state index is 12.0. The molecule has 2 aromatic carbocycles. The van der Waals surface area contributed by atoms with Crippen LogP contribution in [-0.4, -0.2) is 23.3 Å². The first-order valence-corrected chi connectivity index (χ1v) is 7.81. The standard InChI is InChI=1S/C19H19N3O2/c1-13-16(15-9-5-6-10-17(15)22-13)11-20-18(23)12-21-19(24)14-7-3-2-4-8-14/h2-10,22H,11-12H2,1H3,(H,20,23)(H,21,24). The number of H-pyrrole nitrogens is 1. The maximum Gasteiger partial charge on any atom is 0.251 e. The molecule has 0 fully saturated rings. The van der Waals surface area contributed by atoms with Gasteiger partial charge in [-0.3, -0.25) is 9.59 Å². The Bertz CT molecular complexity index is 869. The number of carbonyl (C=O) groups is 2. The molecule has 3 N–H and O–H groups in total. The third-order valence-electron chi connectivity index (χ3n) is 3.93. The van der Waals surface area contributed by atoms with Crippen molar-refractivity contribution in [1.82, 2.24) is 15.6 Å². The minimum absolute atomic E-state index is 0.0465. The molecule has 1 aromatic heterocycles. The third kappa shape index (κ3) is 3.46. The Morgan fingerprint density at radius 2 is 1.67 bits per heavy atom. The second-order valence-corrected chi connectivity index (χ2v) is 5.60. The van der Waals surface area contributed by atoms with Crippen molar-refractivity contribution < 1.29 is 9.59 Å². The third-order valence-corrected chi connectivity index (χ3v) is 3.93. The summed E-state index contributed by atoms with van der Waals surface area (Å²) in [7, 11) is 0. The molecule has 0 aliphatic rings. The summed E-state index contributed by atoms with van der Waals surface area (Å²) < 4.78 is 0. The van der Waals surface area contributed by atoms with Crippen molar-refractivity contribution in [2.24, 2.45) is 0 Å². The Kier molecular flexibility index (Phi) is 4.61. The van der Waals surface area contributed by atoms with Crippen LogP contribution >= 0.6 is 0 Å². The number of fused-ring (bicyclic) bond motifs is 1. The van der Waals surface area contributed by atoms with Crippen LogP contribution in [0.5, 0.6) is 0 Å². The van der Waals surface area contributed by atoms with Crippen molar-refractivity contribution in [3.63, 3.8) is 0 Å². The summed E-state index contributed by atoms with van der Waals surface area (Å²) in [6.07, 6.45) is 0. The molecule has 0 unspecified atom stereocenters. The number of nitrogens with one attached hydrogen (secondary N) is 3. The van der Waals surface area contributed by atoms with Crippen LogP contribution in [-0.2, 0) is 11.3 Å². The maximum atomic E-state index is 12.0. The summed E-state index contributed by atoms with van der Waals surface area (Å²) in [5.41, 5.74) is 3.69. The molecule has 0 atom stereocenters. The van der Waals surface area contributed by atoms with Crippen molar-refractivity contribution in [2.45, 2.75) is 13.5 Å². The van der Waals surface area contributed by atoms with E-state index in [1.165, 1.54) is 0 Å². The first kappa shape index (κ1) is 15.8. The molecular weight excluding hydrogens is 302 g/mol. The number of aryl methyl sites for hydroxylation is 1. The molecule has 5 nitrogen and oxygen atoms in total. The van der Waals surface area contributed by atoms with Gasteiger partial charge in [0.05, 0.1) is 6.54 Å². The highest BCUT2D eigenvalue weighted by Crippen LogP contribution is 2.21. The molecule has 0 aliphatic carbocycles. The van der Waals surface area contributed by atoms with Gasteiger partial charge in [0.1, 0.15) is 0 Å². The van der Waals surface area contributed by atoms with Crippen molar-refractivity contribution in [1.29, 1.82) is 0 Å². The van der Waals surface area contributed by atoms with E-state index in [9.17, 15) is 9.59 Å². The molecule has 0 aliphatic heterocycles. The topological polar surface area (TPSA) is 74.0 Å². The quantitative estimate of drug-likeness (QED) is 0.675. The van der Waals surface area contributed by atoms with E-state index in [1.54, 1.807) is 24.3 Å². The fourth-order valence-electron chi connectivity index (χ4n) is 2.66. The van der Waals surface area contributed by atoms with Crippen LogP contribution in [0.1, 0.15) is 21.6 Å². The van der Waals surface area contributed by atoms with Gasteiger partial charge in [0.25, 0.3) is 5.91 Å². The molecular formula is C19H19N3O2. The molecule has 1 heterocycles. The summed E-state index contributed by atoms with van der Waals surface area (Å²) in [5, 5.41) is 6.57. The van der Waals surface area contributed by atoms with Crippen LogP contribution in [0.15, 0.2) is 54.6 Å². The predicted octanol–water partition coefficient (Wildman–Crippen LogP) is 2.52. The molecule has 3 rings (SSSR count). The Hall–Kier alpha value is -3.08. The molecule has 0 spiro atoms. The lowest BCUT2D eigenvalue weighted by Gasteiger charge is -2.07.